The van der Waals surface area contributed by atoms with Gasteiger partial charge in [-0.25, -0.2) is 0 Å². The van der Waals surface area contributed by atoms with Gasteiger partial charge in [0.1, 0.15) is 10.8 Å². The highest BCUT2D eigenvalue weighted by Gasteiger charge is 2.27. The van der Waals surface area contributed by atoms with Crippen LogP contribution in [0.25, 0.3) is 0 Å². The average molecular weight is 562 g/mol. The number of anilines is 1. The number of ether oxygens (including phenoxy) is 1. The molecule has 2 amide bonds. The number of carbonyl (C=O) groups excluding carboxylic acids is 2. The number of fused-ring (bicyclic) bond motifs is 1. The topological polar surface area (TPSA) is 112 Å². The van der Waals surface area contributed by atoms with Crippen molar-refractivity contribution < 1.29 is 14.3 Å². The molecule has 0 bridgehead atoms. The minimum absolute atomic E-state index is 0.125. The lowest BCUT2D eigenvalue weighted by Crippen LogP contribution is -2.20. The summed E-state index contributed by atoms with van der Waals surface area (Å²) in [7, 11) is 0. The third-order valence-corrected chi connectivity index (χ3v) is 9.22. The number of rotatable bonds is 9. The third kappa shape index (κ3) is 5.97. The number of thiophene rings is 1. The number of amides is 2. The SMILES string of the molecule is CCn1c(SCC(=O)Nc2sc3c(c2C(N)=O)CCC(C)C3)nnc1C(C)Oc1cc(C)c(Cl)c(C)c1. The van der Waals surface area contributed by atoms with Crippen LogP contribution in [0.3, 0.4) is 0 Å². The maximum Gasteiger partial charge on any atom is 0.251 e. The smallest absolute Gasteiger partial charge is 0.251 e. The number of aromatic nitrogens is 3. The Morgan fingerprint density at radius 1 is 1.32 bits per heavy atom. The molecule has 3 N–H and O–H groups in total. The number of nitrogens with two attached hydrogens (primary N) is 1. The van der Waals surface area contributed by atoms with Crippen molar-refractivity contribution >= 4 is 51.5 Å². The fourth-order valence-electron chi connectivity index (χ4n) is 4.63. The van der Waals surface area contributed by atoms with E-state index in [1.165, 1.54) is 23.1 Å². The van der Waals surface area contributed by atoms with Crippen molar-refractivity contribution in [2.24, 2.45) is 11.7 Å². The van der Waals surface area contributed by atoms with E-state index >= 15 is 0 Å². The van der Waals surface area contributed by atoms with Crippen molar-refractivity contribution in [1.29, 1.82) is 0 Å². The molecular weight excluding hydrogens is 530 g/mol. The molecule has 11 heteroatoms. The minimum Gasteiger partial charge on any atom is -0.483 e. The fourth-order valence-corrected chi connectivity index (χ4v) is 6.98. The van der Waals surface area contributed by atoms with E-state index < -0.39 is 5.91 Å². The monoisotopic (exact) mass is 561 g/mol. The molecule has 0 radical (unpaired) electrons. The number of nitrogens with one attached hydrogen (secondary N) is 1. The molecule has 0 aliphatic heterocycles. The average Bonchev–Trinajstić information content (AvgIpc) is 3.41. The summed E-state index contributed by atoms with van der Waals surface area (Å²) in [5.74, 6) is 1.35. The maximum absolute atomic E-state index is 12.8. The molecule has 0 spiro atoms. The molecule has 2 atom stereocenters. The Labute approximate surface area is 230 Å². The number of primary amides is 1. The molecule has 0 fully saturated rings. The standard InChI is InChI=1S/C26H32ClN5O3S2/c1-6-32-24(16(5)35-17-10-14(3)22(27)15(4)11-17)30-31-26(32)36-12-20(33)29-25-21(23(28)34)18-8-7-13(2)9-19(18)37-25/h10-11,13,16H,6-9,12H2,1-5H3,(H2,28,34)(H,29,33). The van der Waals surface area contributed by atoms with E-state index in [2.05, 4.69) is 22.4 Å². The van der Waals surface area contributed by atoms with E-state index in [0.29, 0.717) is 39.8 Å². The number of benzene rings is 1. The summed E-state index contributed by atoms with van der Waals surface area (Å²) in [4.78, 5) is 26.1. The van der Waals surface area contributed by atoms with Gasteiger partial charge in [-0.3, -0.25) is 9.59 Å². The van der Waals surface area contributed by atoms with Crippen LogP contribution in [0.15, 0.2) is 17.3 Å². The predicted molar refractivity (Wildman–Crippen MR) is 149 cm³/mol. The van der Waals surface area contributed by atoms with E-state index in [0.717, 1.165) is 45.9 Å². The van der Waals surface area contributed by atoms with Crippen molar-refractivity contribution in [3.8, 4) is 5.75 Å². The van der Waals surface area contributed by atoms with Gasteiger partial charge in [0.05, 0.1) is 11.3 Å². The summed E-state index contributed by atoms with van der Waals surface area (Å²) < 4.78 is 8.09. The van der Waals surface area contributed by atoms with Crippen LogP contribution in [0.5, 0.6) is 5.75 Å². The molecule has 1 aliphatic rings. The third-order valence-electron chi connectivity index (χ3n) is 6.49. The van der Waals surface area contributed by atoms with E-state index in [1.807, 2.05) is 44.4 Å². The van der Waals surface area contributed by atoms with Crippen molar-refractivity contribution in [2.75, 3.05) is 11.1 Å². The summed E-state index contributed by atoms with van der Waals surface area (Å²) in [6.07, 6.45) is 2.38. The Kier molecular flexibility index (Phi) is 8.50. The van der Waals surface area contributed by atoms with Crippen molar-refractivity contribution in [3.63, 3.8) is 0 Å². The summed E-state index contributed by atoms with van der Waals surface area (Å²) >= 11 is 9.04. The Morgan fingerprint density at radius 3 is 2.68 bits per heavy atom. The van der Waals surface area contributed by atoms with Crippen LogP contribution in [-0.2, 0) is 24.2 Å². The molecule has 2 heterocycles. The lowest BCUT2D eigenvalue weighted by Gasteiger charge is -2.18. The van der Waals surface area contributed by atoms with E-state index in [9.17, 15) is 9.59 Å². The number of hydrogen-bond donors (Lipinski definition) is 2. The molecule has 2 aromatic heterocycles. The van der Waals surface area contributed by atoms with E-state index in [1.54, 1.807) is 0 Å². The first-order valence-electron chi connectivity index (χ1n) is 12.3. The number of hydrogen-bond acceptors (Lipinski definition) is 7. The molecule has 4 rings (SSSR count). The molecule has 0 saturated carbocycles. The van der Waals surface area contributed by atoms with Crippen molar-refractivity contribution in [1.82, 2.24) is 14.8 Å². The quantitative estimate of drug-likeness (QED) is 0.323. The van der Waals surface area contributed by atoms with Gasteiger partial charge in [0.2, 0.25) is 5.91 Å². The number of nitrogens with zero attached hydrogens (tertiary/aromatic N) is 3. The van der Waals surface area contributed by atoms with Crippen LogP contribution >= 0.6 is 34.7 Å². The highest BCUT2D eigenvalue weighted by Crippen LogP contribution is 2.39. The lowest BCUT2D eigenvalue weighted by atomic mass is 9.88. The molecule has 8 nitrogen and oxygen atoms in total. The van der Waals surface area contributed by atoms with Crippen molar-refractivity contribution in [2.45, 2.75) is 71.7 Å². The Balaban J connectivity index is 1.43. The first-order chi connectivity index (χ1) is 17.6. The number of halogens is 1. The Morgan fingerprint density at radius 2 is 2.03 bits per heavy atom. The highest BCUT2D eigenvalue weighted by molar-refractivity contribution is 7.99. The van der Waals surface area contributed by atoms with Gasteiger partial charge in [-0.2, -0.15) is 0 Å². The van der Waals surface area contributed by atoms with Crippen LogP contribution in [0, 0.1) is 19.8 Å². The second-order valence-corrected chi connectivity index (χ2v) is 11.9. The zero-order chi connectivity index (χ0) is 26.9. The Bertz CT molecular complexity index is 1310. The Hall–Kier alpha value is -2.56. The van der Waals surface area contributed by atoms with E-state index in [4.69, 9.17) is 22.1 Å². The second kappa shape index (κ2) is 11.4. The highest BCUT2D eigenvalue weighted by atomic mass is 35.5. The summed E-state index contributed by atoms with van der Waals surface area (Å²) in [5, 5.41) is 13.5. The van der Waals surface area contributed by atoms with Crippen LogP contribution in [0.1, 0.15) is 71.0 Å². The zero-order valence-corrected chi connectivity index (χ0v) is 24.1. The van der Waals surface area contributed by atoms with Gasteiger partial charge in [0, 0.05) is 16.4 Å². The van der Waals surface area contributed by atoms with Crippen LogP contribution < -0.4 is 15.8 Å². The largest absolute Gasteiger partial charge is 0.483 e. The second-order valence-electron chi connectivity index (χ2n) is 9.47. The molecule has 1 aliphatic carbocycles. The maximum atomic E-state index is 12.8. The first kappa shape index (κ1) is 27.5. The van der Waals surface area contributed by atoms with Gasteiger partial charge >= 0.3 is 0 Å². The first-order valence-corrected chi connectivity index (χ1v) is 14.5. The molecule has 3 aromatic rings. The molecule has 0 saturated heterocycles. The fraction of sp³-hybridized carbons (Fsp3) is 0.462. The molecular formula is C26H32ClN5O3S2. The molecule has 37 heavy (non-hydrogen) atoms. The van der Waals surface area contributed by atoms with Gasteiger partial charge in [-0.15, -0.1) is 21.5 Å². The molecule has 1 aromatic carbocycles. The zero-order valence-electron chi connectivity index (χ0n) is 21.7. The molecule has 2 unspecified atom stereocenters. The number of thioether (sulfide) groups is 1. The van der Waals surface area contributed by atoms with Crippen molar-refractivity contribution in [3.05, 3.63) is 50.1 Å². The van der Waals surface area contributed by atoms with Gasteiger partial charge in [-0.05, 0) is 81.7 Å². The minimum atomic E-state index is -0.495. The lowest BCUT2D eigenvalue weighted by molar-refractivity contribution is -0.113. The number of aryl methyl sites for hydroxylation is 2. The molecule has 198 valence electrons. The van der Waals surface area contributed by atoms with Crippen LogP contribution in [-0.4, -0.2) is 32.3 Å². The van der Waals surface area contributed by atoms with E-state index in [-0.39, 0.29) is 17.8 Å². The normalized spacial score (nSPS) is 15.8. The predicted octanol–water partition coefficient (Wildman–Crippen LogP) is 5.72. The number of carbonyl (C=O) groups is 2. The summed E-state index contributed by atoms with van der Waals surface area (Å²) in [6, 6.07) is 3.81. The van der Waals surface area contributed by atoms with Gasteiger partial charge in [0.15, 0.2) is 17.1 Å². The summed E-state index contributed by atoms with van der Waals surface area (Å²) in [6.45, 7) is 10.6. The summed E-state index contributed by atoms with van der Waals surface area (Å²) in [5.41, 5.74) is 9.03. The van der Waals surface area contributed by atoms with Crippen LogP contribution in [0.2, 0.25) is 5.02 Å². The van der Waals surface area contributed by atoms with Crippen LogP contribution in [0.4, 0.5) is 5.00 Å². The van der Waals surface area contributed by atoms with Gasteiger partial charge < -0.3 is 20.4 Å². The van der Waals surface area contributed by atoms with Gasteiger partial charge in [-0.1, -0.05) is 30.3 Å². The van der Waals surface area contributed by atoms with Gasteiger partial charge in [0.25, 0.3) is 5.91 Å².